The topological polar surface area (TPSA) is 93.1 Å². The van der Waals surface area contributed by atoms with E-state index in [9.17, 15) is 14.7 Å². The monoisotopic (exact) mass is 298 g/mol. The van der Waals surface area contributed by atoms with Crippen LogP contribution in [0.5, 0.6) is 0 Å². The summed E-state index contributed by atoms with van der Waals surface area (Å²) in [5.41, 5.74) is 0. The minimum atomic E-state index is -1.44. The van der Waals surface area contributed by atoms with Crippen molar-refractivity contribution in [1.29, 1.82) is 0 Å². The maximum absolute atomic E-state index is 11.0. The second-order valence-electron chi connectivity index (χ2n) is 5.59. The first-order valence-corrected chi connectivity index (χ1v) is 7.43. The number of carbonyl (C=O) groups is 2. The van der Waals surface area contributed by atoms with E-state index in [-0.39, 0.29) is 18.3 Å². The lowest BCUT2D eigenvalue weighted by atomic mass is 9.89. The molecule has 6 nitrogen and oxygen atoms in total. The van der Waals surface area contributed by atoms with Crippen molar-refractivity contribution in [2.45, 2.75) is 50.6 Å². The number of carbonyl (C=O) groups excluding carboxylic acids is 1. The Morgan fingerprint density at radius 3 is 2.71 bits per heavy atom. The molecule has 0 aromatic heterocycles. The van der Waals surface area contributed by atoms with Crippen LogP contribution in [0.2, 0.25) is 0 Å². The van der Waals surface area contributed by atoms with E-state index in [1.165, 1.54) is 6.08 Å². The van der Waals surface area contributed by atoms with E-state index < -0.39 is 18.0 Å². The molecule has 1 aliphatic heterocycles. The summed E-state index contributed by atoms with van der Waals surface area (Å²) in [4.78, 5) is 21.5. The molecule has 0 amide bonds. The first-order valence-electron chi connectivity index (χ1n) is 7.43. The second-order valence-corrected chi connectivity index (χ2v) is 5.59. The fourth-order valence-corrected chi connectivity index (χ4v) is 3.18. The molecule has 0 radical (unpaired) electrons. The Bertz CT molecular complexity index is 388. The third kappa shape index (κ3) is 4.12. The Labute approximate surface area is 123 Å². The van der Waals surface area contributed by atoms with Crippen molar-refractivity contribution >= 4 is 12.3 Å². The van der Waals surface area contributed by atoms with Crippen LogP contribution in [0.4, 0.5) is 0 Å². The van der Waals surface area contributed by atoms with Crippen LogP contribution in [0.1, 0.15) is 32.1 Å². The number of aliphatic hydroxyl groups is 1. The van der Waals surface area contributed by atoms with E-state index >= 15 is 0 Å². The molecular weight excluding hydrogens is 276 g/mol. The van der Waals surface area contributed by atoms with Gasteiger partial charge >= 0.3 is 5.97 Å². The van der Waals surface area contributed by atoms with Gasteiger partial charge in [-0.1, -0.05) is 6.08 Å². The van der Waals surface area contributed by atoms with Gasteiger partial charge in [0, 0.05) is 18.4 Å². The molecule has 1 aliphatic carbocycles. The first kappa shape index (κ1) is 16.1. The summed E-state index contributed by atoms with van der Waals surface area (Å²) in [5.74, 6) is -1.96. The lowest BCUT2D eigenvalue weighted by molar-refractivity contribution is -0.193. The lowest BCUT2D eigenvalue weighted by Crippen LogP contribution is -2.36. The lowest BCUT2D eigenvalue weighted by Gasteiger charge is -2.29. The zero-order valence-corrected chi connectivity index (χ0v) is 11.9. The van der Waals surface area contributed by atoms with Crippen LogP contribution in [-0.4, -0.2) is 47.6 Å². The van der Waals surface area contributed by atoms with Crippen LogP contribution in [0.3, 0.4) is 0 Å². The van der Waals surface area contributed by atoms with Crippen molar-refractivity contribution < 1.29 is 29.3 Å². The van der Waals surface area contributed by atoms with Crippen molar-refractivity contribution in [2.75, 3.05) is 6.61 Å². The molecule has 0 aromatic carbocycles. The molecule has 21 heavy (non-hydrogen) atoms. The molecule has 0 aromatic rings. The summed E-state index contributed by atoms with van der Waals surface area (Å²) < 4.78 is 11.5. The van der Waals surface area contributed by atoms with E-state index in [0.717, 1.165) is 19.3 Å². The predicted octanol–water partition coefficient (Wildman–Crippen LogP) is 1.12. The van der Waals surface area contributed by atoms with Crippen LogP contribution < -0.4 is 0 Å². The number of rotatable bonds is 6. The Kier molecular flexibility index (Phi) is 5.90. The van der Waals surface area contributed by atoms with E-state index in [2.05, 4.69) is 0 Å². The third-order valence-electron chi connectivity index (χ3n) is 4.24. The Morgan fingerprint density at radius 1 is 1.29 bits per heavy atom. The maximum Gasteiger partial charge on any atom is 0.332 e. The summed E-state index contributed by atoms with van der Waals surface area (Å²) in [6, 6.07) is 0. The fourth-order valence-electron chi connectivity index (χ4n) is 3.18. The Hall–Kier alpha value is -1.24. The molecule has 5 atom stereocenters. The molecular formula is C15H22O6. The van der Waals surface area contributed by atoms with Crippen LogP contribution in [0.25, 0.3) is 0 Å². The van der Waals surface area contributed by atoms with Gasteiger partial charge in [-0.05, 0) is 38.2 Å². The highest BCUT2D eigenvalue weighted by molar-refractivity contribution is 5.72. The van der Waals surface area contributed by atoms with Gasteiger partial charge in [-0.15, -0.1) is 0 Å². The maximum atomic E-state index is 11.0. The van der Waals surface area contributed by atoms with E-state index in [1.807, 2.05) is 0 Å². The Balaban J connectivity index is 2.03. The van der Waals surface area contributed by atoms with E-state index in [4.69, 9.17) is 14.6 Å². The largest absolute Gasteiger partial charge is 0.479 e. The zero-order valence-electron chi connectivity index (χ0n) is 11.9. The summed E-state index contributed by atoms with van der Waals surface area (Å²) in [7, 11) is 0. The molecule has 1 saturated heterocycles. The van der Waals surface area contributed by atoms with Gasteiger partial charge in [0.15, 0.2) is 12.4 Å². The average Bonchev–Trinajstić information content (AvgIpc) is 2.88. The van der Waals surface area contributed by atoms with Crippen LogP contribution in [-0.2, 0) is 19.1 Å². The third-order valence-corrected chi connectivity index (χ3v) is 4.24. The standard InChI is InChI=1S/C15H22O6/c16-8-3-4-10-11(14(17)15(18)19)6-7-12(10)21-13-5-1-2-9-20-13/h3-4,8,10-14,17H,1-2,5-7,9H2,(H,18,19)/t10-,11+,12-,13?,14?/m0/s1. The van der Waals surface area contributed by atoms with Crippen molar-refractivity contribution in [3.05, 3.63) is 12.2 Å². The van der Waals surface area contributed by atoms with Crippen molar-refractivity contribution in [1.82, 2.24) is 0 Å². The van der Waals surface area contributed by atoms with Gasteiger partial charge in [-0.2, -0.15) is 0 Å². The molecule has 0 spiro atoms. The summed E-state index contributed by atoms with van der Waals surface area (Å²) >= 11 is 0. The number of hydrogen-bond acceptors (Lipinski definition) is 5. The van der Waals surface area contributed by atoms with Gasteiger partial charge in [0.25, 0.3) is 0 Å². The van der Waals surface area contributed by atoms with Crippen molar-refractivity contribution in [2.24, 2.45) is 11.8 Å². The highest BCUT2D eigenvalue weighted by Gasteiger charge is 2.42. The minimum absolute atomic E-state index is 0.219. The molecule has 6 heteroatoms. The van der Waals surface area contributed by atoms with E-state index in [1.54, 1.807) is 6.08 Å². The van der Waals surface area contributed by atoms with Gasteiger partial charge in [0.05, 0.1) is 6.10 Å². The molecule has 2 aliphatic rings. The summed E-state index contributed by atoms with van der Waals surface area (Å²) in [6.45, 7) is 0.674. The van der Waals surface area contributed by atoms with Gasteiger partial charge in [0.2, 0.25) is 0 Å². The Morgan fingerprint density at radius 2 is 2.10 bits per heavy atom. The highest BCUT2D eigenvalue weighted by atomic mass is 16.7. The molecule has 2 N–H and O–H groups in total. The van der Waals surface area contributed by atoms with Gasteiger partial charge in [0.1, 0.15) is 6.29 Å². The molecule has 1 heterocycles. The zero-order chi connectivity index (χ0) is 15.2. The minimum Gasteiger partial charge on any atom is -0.479 e. The summed E-state index contributed by atoms with van der Waals surface area (Å²) in [6.07, 6.45) is 5.82. The molecule has 0 bridgehead atoms. The van der Waals surface area contributed by atoms with Crippen molar-refractivity contribution in [3.63, 3.8) is 0 Å². The highest BCUT2D eigenvalue weighted by Crippen LogP contribution is 2.38. The molecule has 118 valence electrons. The smallest absolute Gasteiger partial charge is 0.332 e. The number of carboxylic acid groups (broad SMARTS) is 1. The van der Waals surface area contributed by atoms with Crippen LogP contribution in [0, 0.1) is 11.8 Å². The number of aliphatic carboxylic acids is 1. The van der Waals surface area contributed by atoms with Gasteiger partial charge in [-0.3, -0.25) is 4.79 Å². The van der Waals surface area contributed by atoms with Crippen LogP contribution >= 0.6 is 0 Å². The number of ether oxygens (including phenoxy) is 2. The number of aldehydes is 1. The first-order chi connectivity index (χ1) is 10.1. The molecule has 2 rings (SSSR count). The second kappa shape index (κ2) is 7.68. The predicted molar refractivity (Wildman–Crippen MR) is 73.5 cm³/mol. The van der Waals surface area contributed by atoms with Crippen LogP contribution in [0.15, 0.2) is 12.2 Å². The fraction of sp³-hybridized carbons (Fsp3) is 0.733. The number of hydrogen-bond donors (Lipinski definition) is 2. The quantitative estimate of drug-likeness (QED) is 0.564. The number of aliphatic hydroxyl groups excluding tert-OH is 1. The SMILES string of the molecule is O=CC=C[C@@H]1[C@@H](OC2CCCCO2)CC[C@H]1C(O)C(=O)O. The number of carboxylic acids is 1. The van der Waals surface area contributed by atoms with E-state index in [0.29, 0.717) is 25.7 Å². The average molecular weight is 298 g/mol. The van der Waals surface area contributed by atoms with Crippen molar-refractivity contribution in [3.8, 4) is 0 Å². The molecule has 2 fully saturated rings. The summed E-state index contributed by atoms with van der Waals surface area (Å²) in [5, 5.41) is 18.8. The normalized spacial score (nSPS) is 34.9. The molecule has 1 saturated carbocycles. The van der Waals surface area contributed by atoms with Gasteiger partial charge < -0.3 is 19.7 Å². The van der Waals surface area contributed by atoms with Gasteiger partial charge in [-0.25, -0.2) is 4.79 Å². The molecule has 2 unspecified atom stereocenters. The number of allylic oxidation sites excluding steroid dienone is 1.